The zero-order valence-corrected chi connectivity index (χ0v) is 13.2. The molecule has 1 aliphatic carbocycles. The molecule has 1 saturated carbocycles. The molecule has 0 bridgehead atoms. The maximum Gasteiger partial charge on any atom is 0.414 e. The molecule has 0 spiro atoms. The van der Waals surface area contributed by atoms with Crippen molar-refractivity contribution in [2.45, 2.75) is 70.6 Å². The first-order valence-corrected chi connectivity index (χ1v) is 8.28. The van der Waals surface area contributed by atoms with E-state index in [1.807, 2.05) is 6.92 Å². The lowest BCUT2D eigenvalue weighted by atomic mass is 9.80. The van der Waals surface area contributed by atoms with Crippen LogP contribution in [0.3, 0.4) is 0 Å². The van der Waals surface area contributed by atoms with Gasteiger partial charge < -0.3 is 10.0 Å². The molecule has 1 N–H and O–H groups in total. The van der Waals surface area contributed by atoms with E-state index in [1.165, 1.54) is 0 Å². The number of piperidine rings is 1. The first kappa shape index (κ1) is 17.6. The number of carbonyl (C=O) groups excluding carboxylic acids is 1. The summed E-state index contributed by atoms with van der Waals surface area (Å²) in [6.45, 7) is 2.65. The second-order valence-corrected chi connectivity index (χ2v) is 7.09. The van der Waals surface area contributed by atoms with Gasteiger partial charge in [-0.05, 0) is 31.6 Å². The van der Waals surface area contributed by atoms with Crippen LogP contribution < -0.4 is 0 Å². The molecule has 3 nitrogen and oxygen atoms in total. The molecule has 2 fully saturated rings. The van der Waals surface area contributed by atoms with E-state index in [2.05, 4.69) is 0 Å². The van der Waals surface area contributed by atoms with Gasteiger partial charge in [0.05, 0.1) is 0 Å². The van der Waals surface area contributed by atoms with Crippen LogP contribution in [0.25, 0.3) is 0 Å². The summed E-state index contributed by atoms with van der Waals surface area (Å²) < 4.78 is 37.7. The molecule has 0 aromatic heterocycles. The molecule has 0 radical (unpaired) electrons. The summed E-state index contributed by atoms with van der Waals surface area (Å²) in [5.41, 5.74) is -0.355. The van der Waals surface area contributed by atoms with Crippen molar-refractivity contribution >= 4 is 5.91 Å². The molecule has 2 aliphatic rings. The van der Waals surface area contributed by atoms with Gasteiger partial charge in [-0.1, -0.05) is 32.6 Å². The monoisotopic (exact) mass is 321 g/mol. The first-order valence-electron chi connectivity index (χ1n) is 8.28. The summed E-state index contributed by atoms with van der Waals surface area (Å²) in [5, 5.41) is 9.34. The minimum absolute atomic E-state index is 0.0920. The van der Waals surface area contributed by atoms with Gasteiger partial charge in [-0.25, -0.2) is 0 Å². The average molecular weight is 321 g/mol. The minimum atomic E-state index is -4.57. The Bertz CT molecular complexity index is 381. The summed E-state index contributed by atoms with van der Waals surface area (Å²) in [6.07, 6.45) is -0.232. The Kier molecular flexibility index (Phi) is 5.41. The highest BCUT2D eigenvalue weighted by atomic mass is 19.4. The lowest BCUT2D eigenvalue weighted by Crippen LogP contribution is -2.49. The van der Waals surface area contributed by atoms with Gasteiger partial charge in [0, 0.05) is 18.5 Å². The van der Waals surface area contributed by atoms with Crippen molar-refractivity contribution in [3.8, 4) is 0 Å². The lowest BCUT2D eigenvalue weighted by Gasteiger charge is -2.39. The quantitative estimate of drug-likeness (QED) is 0.791. The summed E-state index contributed by atoms with van der Waals surface area (Å²) >= 11 is 0. The Morgan fingerprint density at radius 2 is 1.64 bits per heavy atom. The molecule has 2 rings (SSSR count). The van der Waals surface area contributed by atoms with Crippen molar-refractivity contribution in [2.75, 3.05) is 13.1 Å². The SMILES string of the molecule is CC1(C(=O)N2CCC(C(O)C(F)(F)F)CC2)CCCCCC1. The summed E-state index contributed by atoms with van der Waals surface area (Å²) in [6, 6.07) is 0. The number of hydrogen-bond acceptors (Lipinski definition) is 2. The van der Waals surface area contributed by atoms with Crippen LogP contribution in [0.4, 0.5) is 13.2 Å². The highest BCUT2D eigenvalue weighted by Crippen LogP contribution is 2.38. The molecule has 22 heavy (non-hydrogen) atoms. The summed E-state index contributed by atoms with van der Waals surface area (Å²) in [5.74, 6) is -0.694. The predicted octanol–water partition coefficient (Wildman–Crippen LogP) is 3.51. The number of hydrogen-bond donors (Lipinski definition) is 1. The van der Waals surface area contributed by atoms with E-state index in [9.17, 15) is 23.1 Å². The molecule has 1 atom stereocenters. The number of halogens is 3. The van der Waals surface area contributed by atoms with Crippen molar-refractivity contribution in [3.05, 3.63) is 0 Å². The van der Waals surface area contributed by atoms with Crippen LogP contribution in [0.1, 0.15) is 58.3 Å². The fourth-order valence-corrected chi connectivity index (χ4v) is 3.79. The maximum absolute atomic E-state index is 12.7. The number of alkyl halides is 3. The first-order chi connectivity index (χ1) is 10.2. The van der Waals surface area contributed by atoms with Crippen LogP contribution in [0.5, 0.6) is 0 Å². The van der Waals surface area contributed by atoms with Crippen molar-refractivity contribution < 1.29 is 23.1 Å². The third kappa shape index (κ3) is 3.94. The summed E-state index contributed by atoms with van der Waals surface area (Å²) in [4.78, 5) is 14.5. The Labute approximate surface area is 129 Å². The zero-order chi connectivity index (χ0) is 16.4. The Morgan fingerprint density at radius 1 is 1.14 bits per heavy atom. The number of carbonyl (C=O) groups is 1. The average Bonchev–Trinajstić information content (AvgIpc) is 2.70. The summed E-state index contributed by atoms with van der Waals surface area (Å²) in [7, 11) is 0. The van der Waals surface area contributed by atoms with Crippen LogP contribution in [0.2, 0.25) is 0 Å². The van der Waals surface area contributed by atoms with Gasteiger partial charge >= 0.3 is 6.18 Å². The van der Waals surface area contributed by atoms with Gasteiger partial charge in [0.25, 0.3) is 0 Å². The van der Waals surface area contributed by atoms with Gasteiger partial charge in [-0.3, -0.25) is 4.79 Å². The minimum Gasteiger partial charge on any atom is -0.383 e. The fourth-order valence-electron chi connectivity index (χ4n) is 3.79. The smallest absolute Gasteiger partial charge is 0.383 e. The number of aliphatic hydroxyl groups excluding tert-OH is 1. The number of amides is 1. The van der Waals surface area contributed by atoms with Crippen LogP contribution in [-0.2, 0) is 4.79 Å². The molecular formula is C16H26F3NO2. The Hall–Kier alpha value is -0.780. The van der Waals surface area contributed by atoms with Crippen molar-refractivity contribution in [3.63, 3.8) is 0 Å². The molecule has 6 heteroatoms. The van der Waals surface area contributed by atoms with Gasteiger partial charge in [0.1, 0.15) is 0 Å². The van der Waals surface area contributed by atoms with Crippen molar-refractivity contribution in [2.24, 2.45) is 11.3 Å². The lowest BCUT2D eigenvalue weighted by molar-refractivity contribution is -0.223. The standard InChI is InChI=1S/C16H26F3NO2/c1-15(8-4-2-3-5-9-15)14(22)20-10-6-12(7-11-20)13(21)16(17,18)19/h12-13,21H,2-11H2,1H3. The van der Waals surface area contributed by atoms with Gasteiger partial charge in [0.15, 0.2) is 6.10 Å². The van der Waals surface area contributed by atoms with Gasteiger partial charge in [-0.2, -0.15) is 13.2 Å². The van der Waals surface area contributed by atoms with E-state index in [0.29, 0.717) is 13.1 Å². The van der Waals surface area contributed by atoms with Crippen molar-refractivity contribution in [1.29, 1.82) is 0 Å². The molecule has 1 unspecified atom stereocenters. The third-order valence-corrected chi connectivity index (χ3v) is 5.33. The van der Waals surface area contributed by atoms with E-state index in [4.69, 9.17) is 0 Å². The molecule has 128 valence electrons. The van der Waals surface area contributed by atoms with E-state index < -0.39 is 18.2 Å². The molecule has 1 saturated heterocycles. The maximum atomic E-state index is 12.7. The fraction of sp³-hybridized carbons (Fsp3) is 0.938. The number of likely N-dealkylation sites (tertiary alicyclic amines) is 1. The Morgan fingerprint density at radius 3 is 2.09 bits per heavy atom. The second kappa shape index (κ2) is 6.77. The molecule has 0 aromatic rings. The van der Waals surface area contributed by atoms with Crippen LogP contribution in [-0.4, -0.2) is 41.3 Å². The largest absolute Gasteiger partial charge is 0.414 e. The highest BCUT2D eigenvalue weighted by molar-refractivity contribution is 5.82. The van der Waals surface area contributed by atoms with E-state index >= 15 is 0 Å². The topological polar surface area (TPSA) is 40.5 Å². The molecule has 1 heterocycles. The predicted molar refractivity (Wildman–Crippen MR) is 77.2 cm³/mol. The van der Waals surface area contributed by atoms with Crippen LogP contribution in [0, 0.1) is 11.3 Å². The number of nitrogens with zero attached hydrogens (tertiary/aromatic N) is 1. The zero-order valence-electron chi connectivity index (χ0n) is 13.2. The third-order valence-electron chi connectivity index (χ3n) is 5.33. The number of rotatable bonds is 2. The molecular weight excluding hydrogens is 295 g/mol. The van der Waals surface area contributed by atoms with E-state index in [-0.39, 0.29) is 24.2 Å². The Balaban J connectivity index is 1.92. The molecule has 1 amide bonds. The van der Waals surface area contributed by atoms with Crippen LogP contribution >= 0.6 is 0 Å². The van der Waals surface area contributed by atoms with Gasteiger partial charge in [0.2, 0.25) is 5.91 Å². The highest BCUT2D eigenvalue weighted by Gasteiger charge is 2.45. The molecule has 0 aromatic carbocycles. The molecule has 1 aliphatic heterocycles. The van der Waals surface area contributed by atoms with Crippen molar-refractivity contribution in [1.82, 2.24) is 4.90 Å². The van der Waals surface area contributed by atoms with E-state index in [1.54, 1.807) is 4.90 Å². The second-order valence-electron chi connectivity index (χ2n) is 7.09. The number of aliphatic hydroxyl groups is 1. The van der Waals surface area contributed by atoms with Gasteiger partial charge in [-0.15, -0.1) is 0 Å². The van der Waals surface area contributed by atoms with E-state index in [0.717, 1.165) is 38.5 Å². The van der Waals surface area contributed by atoms with Crippen LogP contribution in [0.15, 0.2) is 0 Å². The normalized spacial score (nSPS) is 25.6.